The molecule has 2 saturated carbocycles. The van der Waals surface area contributed by atoms with Crippen molar-refractivity contribution in [1.82, 2.24) is 0 Å². The normalized spacial score (nSPS) is 35.9. The van der Waals surface area contributed by atoms with E-state index in [0.717, 1.165) is 18.6 Å². The second-order valence-electron chi connectivity index (χ2n) is 6.81. The molecule has 0 aromatic rings. The van der Waals surface area contributed by atoms with E-state index in [4.69, 9.17) is 5.73 Å². The fraction of sp³-hybridized carbons (Fsp3) is 1.00. The molecule has 100 valence electrons. The van der Waals surface area contributed by atoms with Crippen LogP contribution < -0.4 is 5.73 Å². The molecule has 3 heteroatoms. The van der Waals surface area contributed by atoms with Gasteiger partial charge in [-0.15, -0.1) is 0 Å². The average Bonchev–Trinajstić information content (AvgIpc) is 2.74. The van der Waals surface area contributed by atoms with Gasteiger partial charge >= 0.3 is 0 Å². The van der Waals surface area contributed by atoms with Crippen molar-refractivity contribution >= 4 is 10.8 Å². The van der Waals surface area contributed by atoms with E-state index < -0.39 is 10.8 Å². The van der Waals surface area contributed by atoms with Crippen molar-refractivity contribution in [2.75, 3.05) is 5.75 Å². The molecule has 2 N–H and O–H groups in total. The molecule has 2 aliphatic rings. The van der Waals surface area contributed by atoms with Crippen LogP contribution in [0.2, 0.25) is 0 Å². The van der Waals surface area contributed by atoms with Gasteiger partial charge in [0.05, 0.1) is 5.25 Å². The maximum absolute atomic E-state index is 12.5. The standard InChI is InChI=1S/C14H27NOS/c1-14(2)8-7-12(15)13(9-14)17(16)10-11-5-3-4-6-11/h11-13H,3-10,15H2,1-2H3. The van der Waals surface area contributed by atoms with Gasteiger partial charge in [-0.2, -0.15) is 0 Å². The van der Waals surface area contributed by atoms with E-state index in [9.17, 15) is 4.21 Å². The highest BCUT2D eigenvalue weighted by Gasteiger charge is 2.37. The minimum atomic E-state index is -0.698. The summed E-state index contributed by atoms with van der Waals surface area (Å²) in [5.74, 6) is 1.63. The molecule has 3 unspecified atom stereocenters. The minimum absolute atomic E-state index is 0.172. The fourth-order valence-corrected chi connectivity index (χ4v) is 5.57. The van der Waals surface area contributed by atoms with Crippen LogP contribution in [0.1, 0.15) is 58.8 Å². The molecule has 0 amide bonds. The Morgan fingerprint density at radius 1 is 1.24 bits per heavy atom. The topological polar surface area (TPSA) is 43.1 Å². The maximum atomic E-state index is 12.5. The highest BCUT2D eigenvalue weighted by molar-refractivity contribution is 7.85. The lowest BCUT2D eigenvalue weighted by molar-refractivity contribution is 0.230. The number of hydrogen-bond acceptors (Lipinski definition) is 2. The number of nitrogens with two attached hydrogens (primary N) is 1. The van der Waals surface area contributed by atoms with Gasteiger partial charge in [0, 0.05) is 22.6 Å². The van der Waals surface area contributed by atoms with Gasteiger partial charge < -0.3 is 5.73 Å². The predicted molar refractivity (Wildman–Crippen MR) is 74.4 cm³/mol. The summed E-state index contributed by atoms with van der Waals surface area (Å²) >= 11 is 0. The molecule has 17 heavy (non-hydrogen) atoms. The molecule has 0 radical (unpaired) electrons. The highest BCUT2D eigenvalue weighted by Crippen LogP contribution is 2.37. The first-order chi connectivity index (χ1) is 7.98. The molecule has 3 atom stereocenters. The first-order valence-electron chi connectivity index (χ1n) is 7.11. The van der Waals surface area contributed by atoms with E-state index in [-0.39, 0.29) is 11.3 Å². The van der Waals surface area contributed by atoms with Crippen molar-refractivity contribution < 1.29 is 4.21 Å². The third-order valence-electron chi connectivity index (χ3n) is 4.60. The zero-order valence-electron chi connectivity index (χ0n) is 11.3. The summed E-state index contributed by atoms with van der Waals surface area (Å²) in [6.07, 6.45) is 8.54. The van der Waals surface area contributed by atoms with Gasteiger partial charge in [0.15, 0.2) is 0 Å². The summed E-state index contributed by atoms with van der Waals surface area (Å²) in [7, 11) is -0.698. The van der Waals surface area contributed by atoms with E-state index in [1.807, 2.05) is 0 Å². The van der Waals surface area contributed by atoms with Gasteiger partial charge in [-0.25, -0.2) is 0 Å². The Labute approximate surface area is 108 Å². The number of hydrogen-bond donors (Lipinski definition) is 1. The monoisotopic (exact) mass is 257 g/mol. The van der Waals surface area contributed by atoms with Crippen molar-refractivity contribution in [1.29, 1.82) is 0 Å². The van der Waals surface area contributed by atoms with Crippen LogP contribution in [0.5, 0.6) is 0 Å². The minimum Gasteiger partial charge on any atom is -0.327 e. The SMILES string of the molecule is CC1(C)CCC(N)C(S(=O)CC2CCCC2)C1. The van der Waals surface area contributed by atoms with Gasteiger partial charge in [-0.05, 0) is 43.4 Å². The summed E-state index contributed by atoms with van der Waals surface area (Å²) in [6.45, 7) is 4.58. The lowest BCUT2D eigenvalue weighted by atomic mass is 9.75. The molecule has 2 rings (SSSR count). The lowest BCUT2D eigenvalue weighted by Crippen LogP contribution is -2.46. The summed E-state index contributed by atoms with van der Waals surface area (Å²) in [5.41, 5.74) is 6.52. The Bertz CT molecular complexity index is 284. The van der Waals surface area contributed by atoms with Crippen LogP contribution in [0.3, 0.4) is 0 Å². The van der Waals surface area contributed by atoms with Crippen molar-refractivity contribution in [2.24, 2.45) is 17.1 Å². The van der Waals surface area contributed by atoms with E-state index >= 15 is 0 Å². The molecular formula is C14H27NOS. The predicted octanol–water partition coefficient (Wildman–Crippen LogP) is 2.83. The van der Waals surface area contributed by atoms with Gasteiger partial charge in [0.25, 0.3) is 0 Å². The third kappa shape index (κ3) is 3.54. The Kier molecular flexibility index (Phi) is 4.30. The van der Waals surface area contributed by atoms with Gasteiger partial charge in [0.2, 0.25) is 0 Å². The Balaban J connectivity index is 1.92. The molecule has 0 aliphatic heterocycles. The van der Waals surface area contributed by atoms with Crippen molar-refractivity contribution in [3.05, 3.63) is 0 Å². The zero-order valence-corrected chi connectivity index (χ0v) is 12.1. The van der Waals surface area contributed by atoms with E-state index in [2.05, 4.69) is 13.8 Å². The summed E-state index contributed by atoms with van der Waals surface area (Å²) in [5, 5.41) is 0.249. The quantitative estimate of drug-likeness (QED) is 0.845. The summed E-state index contributed by atoms with van der Waals surface area (Å²) in [6, 6.07) is 0.172. The smallest absolute Gasteiger partial charge is 0.0504 e. The van der Waals surface area contributed by atoms with Gasteiger partial charge in [-0.1, -0.05) is 26.7 Å². The first kappa shape index (κ1) is 13.5. The molecule has 0 heterocycles. The average molecular weight is 257 g/mol. The third-order valence-corrected chi connectivity index (χ3v) is 6.59. The van der Waals surface area contributed by atoms with E-state index in [0.29, 0.717) is 11.3 Å². The van der Waals surface area contributed by atoms with E-state index in [1.165, 1.54) is 32.1 Å². The summed E-state index contributed by atoms with van der Waals surface area (Å²) in [4.78, 5) is 0. The van der Waals surface area contributed by atoms with Crippen LogP contribution in [-0.2, 0) is 10.8 Å². The van der Waals surface area contributed by atoms with Crippen molar-refractivity contribution in [2.45, 2.75) is 70.1 Å². The molecular weight excluding hydrogens is 230 g/mol. The second-order valence-corrected chi connectivity index (χ2v) is 8.51. The highest BCUT2D eigenvalue weighted by atomic mass is 32.2. The molecule has 2 nitrogen and oxygen atoms in total. The Morgan fingerprint density at radius 3 is 2.53 bits per heavy atom. The molecule has 0 aromatic carbocycles. The van der Waals surface area contributed by atoms with E-state index in [1.54, 1.807) is 0 Å². The van der Waals surface area contributed by atoms with Crippen LogP contribution in [-0.4, -0.2) is 21.3 Å². The maximum Gasteiger partial charge on any atom is 0.0504 e. The molecule has 0 aromatic heterocycles. The van der Waals surface area contributed by atoms with Crippen LogP contribution in [0, 0.1) is 11.3 Å². The summed E-state index contributed by atoms with van der Waals surface area (Å²) < 4.78 is 12.5. The Hall–Kier alpha value is 0.110. The number of rotatable bonds is 3. The van der Waals surface area contributed by atoms with Crippen LogP contribution >= 0.6 is 0 Å². The second kappa shape index (κ2) is 5.40. The molecule has 0 saturated heterocycles. The van der Waals surface area contributed by atoms with Crippen LogP contribution in [0.15, 0.2) is 0 Å². The van der Waals surface area contributed by atoms with Crippen LogP contribution in [0.4, 0.5) is 0 Å². The molecule has 2 aliphatic carbocycles. The first-order valence-corrected chi connectivity index (χ1v) is 8.49. The zero-order chi connectivity index (χ0) is 12.5. The molecule has 0 spiro atoms. The van der Waals surface area contributed by atoms with Gasteiger partial charge in [0.1, 0.15) is 0 Å². The lowest BCUT2D eigenvalue weighted by Gasteiger charge is -2.39. The largest absolute Gasteiger partial charge is 0.327 e. The van der Waals surface area contributed by atoms with Crippen molar-refractivity contribution in [3.63, 3.8) is 0 Å². The molecule has 2 fully saturated rings. The Morgan fingerprint density at radius 2 is 1.88 bits per heavy atom. The fourth-order valence-electron chi connectivity index (χ4n) is 3.36. The van der Waals surface area contributed by atoms with Gasteiger partial charge in [-0.3, -0.25) is 4.21 Å². The van der Waals surface area contributed by atoms with Crippen LogP contribution in [0.25, 0.3) is 0 Å². The molecule has 0 bridgehead atoms. The van der Waals surface area contributed by atoms with Crippen molar-refractivity contribution in [3.8, 4) is 0 Å².